The zero-order valence-corrected chi connectivity index (χ0v) is 16.4. The molecule has 2 fully saturated rings. The van der Waals surface area contributed by atoms with Gasteiger partial charge in [-0.2, -0.15) is 0 Å². The fraction of sp³-hybridized carbons (Fsp3) is 0.571. The quantitative estimate of drug-likeness (QED) is 0.846. The van der Waals surface area contributed by atoms with E-state index in [4.69, 9.17) is 11.6 Å². The van der Waals surface area contributed by atoms with Crippen LogP contribution in [0.15, 0.2) is 23.0 Å². The maximum absolute atomic E-state index is 13.1. The summed E-state index contributed by atoms with van der Waals surface area (Å²) in [6, 6.07) is 6.24. The van der Waals surface area contributed by atoms with E-state index < -0.39 is 0 Å². The summed E-state index contributed by atoms with van der Waals surface area (Å²) >= 11 is 6.27. The molecule has 0 spiro atoms. The summed E-state index contributed by atoms with van der Waals surface area (Å²) in [5, 5.41) is 1.32. The maximum Gasteiger partial charge on any atom is 0.198 e. The summed E-state index contributed by atoms with van der Waals surface area (Å²) in [6.45, 7) is 11.2. The SMILES string of the molecule is Cc1[nH]c2c(Cl)cccc2c(=O)c1C[NH+]1C[C@@]2(C)C[C@@H]1CC(C)(C)C2. The zero-order chi connectivity index (χ0) is 18.0. The van der Waals surface area contributed by atoms with Gasteiger partial charge in [0.1, 0.15) is 6.54 Å². The number of aryl methyl sites for hydroxylation is 1. The third-order valence-electron chi connectivity index (χ3n) is 6.38. The van der Waals surface area contributed by atoms with Crippen LogP contribution in [0.2, 0.25) is 5.02 Å². The van der Waals surface area contributed by atoms with Gasteiger partial charge in [0, 0.05) is 29.3 Å². The standard InChI is InChI=1S/C21H27ClN2O/c1-13-16(19(25)15-6-5-7-17(22)18(15)23-13)10-24-12-21(4)9-14(24)8-20(2,3)11-21/h5-7,14H,8-12H2,1-4H3,(H,23,25)/p+1/t14-,21-/m0/s1. The average Bonchev–Trinajstić information content (AvgIpc) is 2.73. The van der Waals surface area contributed by atoms with Crippen LogP contribution in [0.5, 0.6) is 0 Å². The van der Waals surface area contributed by atoms with Gasteiger partial charge in [0.2, 0.25) is 0 Å². The molecule has 2 N–H and O–H groups in total. The predicted octanol–water partition coefficient (Wildman–Crippen LogP) is 3.47. The van der Waals surface area contributed by atoms with Gasteiger partial charge in [-0.05, 0) is 30.9 Å². The molecule has 3 nitrogen and oxygen atoms in total. The second kappa shape index (κ2) is 5.59. The van der Waals surface area contributed by atoms with Crippen molar-refractivity contribution in [1.29, 1.82) is 0 Å². The highest BCUT2D eigenvalue weighted by atomic mass is 35.5. The van der Waals surface area contributed by atoms with Gasteiger partial charge < -0.3 is 9.88 Å². The number of rotatable bonds is 2. The summed E-state index contributed by atoms with van der Waals surface area (Å²) in [6.07, 6.45) is 3.85. The molecule has 3 atom stereocenters. The first-order chi connectivity index (χ1) is 11.7. The first kappa shape index (κ1) is 17.1. The van der Waals surface area contributed by atoms with Gasteiger partial charge in [-0.1, -0.05) is 38.4 Å². The molecule has 1 saturated heterocycles. The summed E-state index contributed by atoms with van der Waals surface area (Å²) in [5.74, 6) is 0. The Bertz CT molecular complexity index is 901. The Kier molecular flexibility index (Phi) is 3.82. The minimum absolute atomic E-state index is 0.145. The number of fused-ring (bicyclic) bond motifs is 3. The number of aromatic amines is 1. The Labute approximate surface area is 154 Å². The Morgan fingerprint density at radius 2 is 2.04 bits per heavy atom. The first-order valence-electron chi connectivity index (χ1n) is 9.32. The van der Waals surface area contributed by atoms with Crippen molar-refractivity contribution in [3.8, 4) is 0 Å². The van der Waals surface area contributed by atoms with E-state index in [0.717, 1.165) is 23.3 Å². The molecule has 1 aromatic carbocycles. The highest BCUT2D eigenvalue weighted by Gasteiger charge is 2.52. The van der Waals surface area contributed by atoms with Crippen molar-refractivity contribution < 1.29 is 4.90 Å². The van der Waals surface area contributed by atoms with Gasteiger partial charge in [-0.25, -0.2) is 0 Å². The largest absolute Gasteiger partial charge is 0.357 e. The topological polar surface area (TPSA) is 37.3 Å². The highest BCUT2D eigenvalue weighted by Crippen LogP contribution is 2.47. The molecule has 1 aliphatic heterocycles. The van der Waals surface area contributed by atoms with Gasteiger partial charge in [-0.15, -0.1) is 0 Å². The number of benzene rings is 1. The summed E-state index contributed by atoms with van der Waals surface area (Å²) < 4.78 is 0. The van der Waals surface area contributed by atoms with Crippen molar-refractivity contribution in [3.63, 3.8) is 0 Å². The van der Waals surface area contributed by atoms with Gasteiger partial charge in [0.25, 0.3) is 0 Å². The summed E-state index contributed by atoms with van der Waals surface area (Å²) in [5.41, 5.74) is 3.63. The third kappa shape index (κ3) is 2.92. The van der Waals surface area contributed by atoms with Crippen molar-refractivity contribution in [1.82, 2.24) is 4.98 Å². The Hall–Kier alpha value is -1.32. The molecule has 1 saturated carbocycles. The molecule has 1 aromatic heterocycles. The number of likely N-dealkylation sites (tertiary alicyclic amines) is 1. The van der Waals surface area contributed by atoms with E-state index in [1.807, 2.05) is 25.1 Å². The lowest BCUT2D eigenvalue weighted by molar-refractivity contribution is -0.928. The van der Waals surface area contributed by atoms with Crippen LogP contribution in [0.4, 0.5) is 0 Å². The lowest BCUT2D eigenvalue weighted by Crippen LogP contribution is -3.12. The number of halogens is 1. The van der Waals surface area contributed by atoms with Crippen LogP contribution < -0.4 is 10.3 Å². The summed E-state index contributed by atoms with van der Waals surface area (Å²) in [7, 11) is 0. The smallest absolute Gasteiger partial charge is 0.198 e. The average molecular weight is 360 g/mol. The van der Waals surface area contributed by atoms with Gasteiger partial charge in [-0.3, -0.25) is 4.79 Å². The molecule has 2 aromatic rings. The van der Waals surface area contributed by atoms with E-state index in [0.29, 0.717) is 27.3 Å². The van der Waals surface area contributed by atoms with Gasteiger partial charge in [0.15, 0.2) is 5.43 Å². The molecule has 2 aliphatic rings. The molecular weight excluding hydrogens is 332 g/mol. The molecule has 1 aliphatic carbocycles. The molecule has 2 bridgehead atoms. The van der Waals surface area contributed by atoms with E-state index in [-0.39, 0.29) is 5.43 Å². The van der Waals surface area contributed by atoms with Gasteiger partial charge >= 0.3 is 0 Å². The van der Waals surface area contributed by atoms with E-state index in [1.165, 1.54) is 25.8 Å². The molecule has 0 radical (unpaired) electrons. The minimum Gasteiger partial charge on any atom is -0.357 e. The number of quaternary nitrogens is 1. The van der Waals surface area contributed by atoms with Crippen molar-refractivity contribution in [3.05, 3.63) is 44.7 Å². The molecule has 134 valence electrons. The van der Waals surface area contributed by atoms with Crippen LogP contribution in [0.1, 0.15) is 51.3 Å². The number of para-hydroxylation sites is 1. The number of hydrogen-bond donors (Lipinski definition) is 2. The predicted molar refractivity (Wildman–Crippen MR) is 103 cm³/mol. The summed E-state index contributed by atoms with van der Waals surface area (Å²) in [4.78, 5) is 18.1. The minimum atomic E-state index is 0.145. The van der Waals surface area contributed by atoms with Crippen LogP contribution in [0, 0.1) is 17.8 Å². The number of nitrogens with one attached hydrogen (secondary N) is 2. The van der Waals surface area contributed by atoms with Crippen LogP contribution in [-0.2, 0) is 6.54 Å². The van der Waals surface area contributed by atoms with E-state index >= 15 is 0 Å². The van der Waals surface area contributed by atoms with Crippen molar-refractivity contribution in [2.75, 3.05) is 6.54 Å². The van der Waals surface area contributed by atoms with E-state index in [1.54, 1.807) is 4.90 Å². The number of pyridine rings is 1. The molecule has 0 amide bonds. The third-order valence-corrected chi connectivity index (χ3v) is 6.69. The number of H-pyrrole nitrogens is 1. The Morgan fingerprint density at radius 1 is 1.28 bits per heavy atom. The monoisotopic (exact) mass is 359 g/mol. The fourth-order valence-corrected chi connectivity index (χ4v) is 6.05. The van der Waals surface area contributed by atoms with Crippen LogP contribution in [-0.4, -0.2) is 17.6 Å². The Balaban J connectivity index is 1.72. The second-order valence-corrected chi connectivity index (χ2v) is 9.90. The van der Waals surface area contributed by atoms with E-state index in [9.17, 15) is 4.79 Å². The molecule has 4 rings (SSSR count). The normalized spacial score (nSPS) is 30.8. The highest BCUT2D eigenvalue weighted by molar-refractivity contribution is 6.35. The molecule has 2 heterocycles. The first-order valence-corrected chi connectivity index (χ1v) is 9.70. The van der Waals surface area contributed by atoms with Crippen LogP contribution >= 0.6 is 11.6 Å². The lowest BCUT2D eigenvalue weighted by Gasteiger charge is -2.37. The van der Waals surface area contributed by atoms with Crippen molar-refractivity contribution in [2.45, 2.75) is 59.5 Å². The number of hydrogen-bond acceptors (Lipinski definition) is 1. The zero-order valence-electron chi connectivity index (χ0n) is 15.6. The van der Waals surface area contributed by atoms with Crippen molar-refractivity contribution in [2.24, 2.45) is 10.8 Å². The lowest BCUT2D eigenvalue weighted by atomic mass is 9.65. The molecule has 4 heteroatoms. The van der Waals surface area contributed by atoms with Crippen LogP contribution in [0.25, 0.3) is 10.9 Å². The number of aromatic nitrogens is 1. The second-order valence-electron chi connectivity index (χ2n) is 9.49. The molecule has 25 heavy (non-hydrogen) atoms. The fourth-order valence-electron chi connectivity index (χ4n) is 5.83. The maximum atomic E-state index is 13.1. The Morgan fingerprint density at radius 3 is 2.80 bits per heavy atom. The molecule has 1 unspecified atom stereocenters. The van der Waals surface area contributed by atoms with E-state index in [2.05, 4.69) is 25.8 Å². The molecular formula is C21H28ClN2O+. The van der Waals surface area contributed by atoms with Crippen LogP contribution in [0.3, 0.4) is 0 Å². The van der Waals surface area contributed by atoms with Crippen molar-refractivity contribution >= 4 is 22.5 Å². The van der Waals surface area contributed by atoms with Gasteiger partial charge in [0.05, 0.1) is 28.7 Å².